The number of anilines is 1. The molecule has 0 saturated heterocycles. The van der Waals surface area contributed by atoms with Crippen molar-refractivity contribution in [1.82, 2.24) is 0 Å². The van der Waals surface area contributed by atoms with Crippen molar-refractivity contribution in [2.75, 3.05) is 12.1 Å². The second kappa shape index (κ2) is 5.11. The van der Waals surface area contributed by atoms with Crippen LogP contribution in [0.25, 0.3) is 0 Å². The highest BCUT2D eigenvalue weighted by atomic mass is 32.1. The third-order valence-corrected chi connectivity index (χ3v) is 4.48. The van der Waals surface area contributed by atoms with Crippen molar-refractivity contribution >= 4 is 22.2 Å². The number of amides is 1. The molecule has 0 bridgehead atoms. The van der Waals surface area contributed by atoms with Crippen LogP contribution in [0.4, 0.5) is 5.00 Å². The Morgan fingerprint density at radius 1 is 1.33 bits per heavy atom. The molecule has 21 heavy (non-hydrogen) atoms. The minimum Gasteiger partial charge on any atom is -0.454 e. The molecule has 0 unspecified atom stereocenters. The van der Waals surface area contributed by atoms with Gasteiger partial charge in [0.25, 0.3) is 5.91 Å². The van der Waals surface area contributed by atoms with Crippen molar-refractivity contribution in [2.24, 2.45) is 0 Å². The van der Waals surface area contributed by atoms with Gasteiger partial charge in [0.05, 0.1) is 5.56 Å². The zero-order chi connectivity index (χ0) is 15.0. The first-order valence-corrected chi connectivity index (χ1v) is 7.13. The fraction of sp³-hybridized carbons (Fsp3) is 0.200. The second-order valence-electron chi connectivity index (χ2n) is 4.62. The molecule has 0 fully saturated rings. The Labute approximate surface area is 125 Å². The van der Waals surface area contributed by atoms with E-state index in [4.69, 9.17) is 9.47 Å². The zero-order valence-electron chi connectivity index (χ0n) is 11.5. The molecule has 0 atom stereocenters. The van der Waals surface area contributed by atoms with Gasteiger partial charge in [0.1, 0.15) is 11.1 Å². The Balaban J connectivity index is 1.87. The Bertz CT molecular complexity index is 774. The maximum Gasteiger partial charge on any atom is 0.256 e. The van der Waals surface area contributed by atoms with Gasteiger partial charge in [-0.15, -0.1) is 11.3 Å². The van der Waals surface area contributed by atoms with Gasteiger partial charge in [-0.2, -0.15) is 5.26 Å². The van der Waals surface area contributed by atoms with Crippen LogP contribution in [0.1, 0.15) is 26.4 Å². The minimum absolute atomic E-state index is 0.169. The summed E-state index contributed by atoms with van der Waals surface area (Å²) in [6.07, 6.45) is 0. The number of nitrogens with one attached hydrogen (secondary N) is 1. The van der Waals surface area contributed by atoms with Crippen molar-refractivity contribution in [3.05, 3.63) is 39.8 Å². The van der Waals surface area contributed by atoms with E-state index in [0.29, 0.717) is 27.6 Å². The molecule has 6 heteroatoms. The number of thiophene rings is 1. The lowest BCUT2D eigenvalue weighted by Gasteiger charge is -2.04. The predicted molar refractivity (Wildman–Crippen MR) is 79.0 cm³/mol. The van der Waals surface area contributed by atoms with Crippen LogP contribution in [0.2, 0.25) is 0 Å². The lowest BCUT2D eigenvalue weighted by Crippen LogP contribution is -2.11. The van der Waals surface area contributed by atoms with Gasteiger partial charge < -0.3 is 14.8 Å². The quantitative estimate of drug-likeness (QED) is 0.924. The number of rotatable bonds is 2. The third kappa shape index (κ3) is 2.32. The number of hydrogen-bond donors (Lipinski definition) is 1. The smallest absolute Gasteiger partial charge is 0.256 e. The molecule has 5 nitrogen and oxygen atoms in total. The van der Waals surface area contributed by atoms with Crippen molar-refractivity contribution < 1.29 is 14.3 Å². The van der Waals surface area contributed by atoms with Crippen LogP contribution in [-0.4, -0.2) is 12.7 Å². The molecule has 1 N–H and O–H groups in total. The van der Waals surface area contributed by atoms with Crippen LogP contribution in [-0.2, 0) is 0 Å². The first kappa shape index (κ1) is 13.5. The molecule has 3 rings (SSSR count). The monoisotopic (exact) mass is 300 g/mol. The van der Waals surface area contributed by atoms with E-state index in [-0.39, 0.29) is 12.7 Å². The highest BCUT2D eigenvalue weighted by Gasteiger charge is 2.19. The molecule has 0 saturated carbocycles. The lowest BCUT2D eigenvalue weighted by molar-refractivity contribution is 0.102. The Hall–Kier alpha value is -2.52. The van der Waals surface area contributed by atoms with Crippen LogP contribution in [0, 0.1) is 25.2 Å². The highest BCUT2D eigenvalue weighted by molar-refractivity contribution is 7.16. The van der Waals surface area contributed by atoms with E-state index in [1.807, 2.05) is 13.8 Å². The average Bonchev–Trinajstić information content (AvgIpc) is 3.03. The normalized spacial score (nSPS) is 12.0. The van der Waals surface area contributed by atoms with Crippen molar-refractivity contribution in [2.45, 2.75) is 13.8 Å². The topological polar surface area (TPSA) is 71.3 Å². The Kier molecular flexibility index (Phi) is 3.28. The number of carbonyl (C=O) groups excluding carboxylic acids is 1. The summed E-state index contributed by atoms with van der Waals surface area (Å²) in [5, 5.41) is 12.6. The van der Waals surface area contributed by atoms with E-state index in [1.165, 1.54) is 11.3 Å². The maximum absolute atomic E-state index is 12.3. The van der Waals surface area contributed by atoms with E-state index in [1.54, 1.807) is 18.2 Å². The minimum atomic E-state index is -0.272. The predicted octanol–water partition coefficient (Wildman–Crippen LogP) is 3.22. The summed E-state index contributed by atoms with van der Waals surface area (Å²) in [6, 6.07) is 7.14. The van der Waals surface area contributed by atoms with E-state index in [2.05, 4.69) is 11.4 Å². The van der Waals surface area contributed by atoms with Crippen LogP contribution in [0.15, 0.2) is 18.2 Å². The van der Waals surface area contributed by atoms with Crippen molar-refractivity contribution in [3.63, 3.8) is 0 Å². The molecule has 0 spiro atoms. The summed E-state index contributed by atoms with van der Waals surface area (Å²) in [5.74, 6) is 0.917. The molecule has 1 aromatic heterocycles. The number of hydrogen-bond acceptors (Lipinski definition) is 5. The van der Waals surface area contributed by atoms with Gasteiger partial charge in [0.15, 0.2) is 11.5 Å². The number of ether oxygens (including phenoxy) is 2. The van der Waals surface area contributed by atoms with Gasteiger partial charge in [0, 0.05) is 10.4 Å². The van der Waals surface area contributed by atoms with Crippen LogP contribution in [0.5, 0.6) is 11.5 Å². The van der Waals surface area contributed by atoms with E-state index >= 15 is 0 Å². The van der Waals surface area contributed by atoms with Gasteiger partial charge >= 0.3 is 0 Å². The fourth-order valence-electron chi connectivity index (χ4n) is 2.06. The van der Waals surface area contributed by atoms with Crippen LogP contribution >= 0.6 is 11.3 Å². The fourth-order valence-corrected chi connectivity index (χ4v) is 3.07. The molecular weight excluding hydrogens is 288 g/mol. The average molecular weight is 300 g/mol. The van der Waals surface area contributed by atoms with E-state index in [9.17, 15) is 10.1 Å². The van der Waals surface area contributed by atoms with E-state index < -0.39 is 0 Å². The van der Waals surface area contributed by atoms with Gasteiger partial charge in [0.2, 0.25) is 6.79 Å². The number of nitrogens with zero attached hydrogens (tertiary/aromatic N) is 1. The standard InChI is InChI=1S/C15H12N2O3S/c1-8-9(2)21-15(11(8)6-16)17-14(18)10-3-4-12-13(5-10)20-7-19-12/h3-5H,7H2,1-2H3,(H,17,18). The van der Waals surface area contributed by atoms with Gasteiger partial charge in [-0.3, -0.25) is 4.79 Å². The Morgan fingerprint density at radius 2 is 2.10 bits per heavy atom. The number of aryl methyl sites for hydroxylation is 1. The summed E-state index contributed by atoms with van der Waals surface area (Å²) in [4.78, 5) is 13.3. The molecule has 1 amide bonds. The third-order valence-electron chi connectivity index (χ3n) is 3.36. The SMILES string of the molecule is Cc1sc(NC(=O)c2ccc3c(c2)OCO3)c(C#N)c1C. The summed E-state index contributed by atoms with van der Waals surface area (Å²) < 4.78 is 10.5. The largest absolute Gasteiger partial charge is 0.454 e. The van der Waals surface area contributed by atoms with Gasteiger partial charge in [-0.25, -0.2) is 0 Å². The molecule has 0 aliphatic carbocycles. The first-order valence-electron chi connectivity index (χ1n) is 6.31. The van der Waals surface area contributed by atoms with Gasteiger partial charge in [-0.05, 0) is 37.6 Å². The van der Waals surface area contributed by atoms with Crippen LogP contribution in [0.3, 0.4) is 0 Å². The summed E-state index contributed by atoms with van der Waals surface area (Å²) in [7, 11) is 0. The number of benzene rings is 1. The van der Waals surface area contributed by atoms with Gasteiger partial charge in [-0.1, -0.05) is 0 Å². The number of fused-ring (bicyclic) bond motifs is 1. The van der Waals surface area contributed by atoms with E-state index in [0.717, 1.165) is 10.4 Å². The summed E-state index contributed by atoms with van der Waals surface area (Å²) >= 11 is 1.40. The molecule has 1 aliphatic rings. The maximum atomic E-state index is 12.3. The Morgan fingerprint density at radius 3 is 2.86 bits per heavy atom. The van der Waals surface area contributed by atoms with Crippen LogP contribution < -0.4 is 14.8 Å². The molecule has 2 aromatic rings. The number of carbonyl (C=O) groups is 1. The zero-order valence-corrected chi connectivity index (χ0v) is 12.3. The first-order chi connectivity index (χ1) is 10.1. The summed E-state index contributed by atoms with van der Waals surface area (Å²) in [5.41, 5.74) is 1.89. The molecule has 106 valence electrons. The van der Waals surface area contributed by atoms with Crippen molar-refractivity contribution in [1.29, 1.82) is 5.26 Å². The van der Waals surface area contributed by atoms with Crippen molar-refractivity contribution in [3.8, 4) is 17.6 Å². The summed E-state index contributed by atoms with van der Waals surface area (Å²) in [6.45, 7) is 3.97. The molecular formula is C15H12N2O3S. The molecule has 1 aliphatic heterocycles. The second-order valence-corrected chi connectivity index (χ2v) is 5.85. The lowest BCUT2D eigenvalue weighted by atomic mass is 10.1. The molecule has 2 heterocycles. The highest BCUT2D eigenvalue weighted by Crippen LogP contribution is 2.34. The number of nitriles is 1. The molecule has 1 aromatic carbocycles. The molecule has 0 radical (unpaired) electrons.